The lowest BCUT2D eigenvalue weighted by Crippen LogP contribution is -2.34. The molecule has 0 bridgehead atoms. The Morgan fingerprint density at radius 2 is 2.04 bits per heavy atom. The highest BCUT2D eigenvalue weighted by atomic mass is 16.5. The van der Waals surface area contributed by atoms with Gasteiger partial charge in [-0.15, -0.1) is 6.42 Å². The van der Waals surface area contributed by atoms with E-state index in [0.717, 1.165) is 31.2 Å². The van der Waals surface area contributed by atoms with Crippen molar-refractivity contribution in [3.8, 4) is 18.1 Å². The van der Waals surface area contributed by atoms with Crippen LogP contribution in [0, 0.1) is 18.3 Å². The maximum atomic E-state index is 5.45. The molecule has 2 aliphatic heterocycles. The Hall–Kier alpha value is -2.97. The van der Waals surface area contributed by atoms with Crippen molar-refractivity contribution in [3.05, 3.63) is 53.2 Å². The van der Waals surface area contributed by atoms with Crippen molar-refractivity contribution in [1.29, 1.82) is 0 Å². The highest BCUT2D eigenvalue weighted by Crippen LogP contribution is 2.34. The number of ether oxygens (including phenoxy) is 1. The number of likely N-dealkylation sites (tertiary alicyclic amines) is 1. The smallest absolute Gasteiger partial charge is 0.148 e. The zero-order valence-corrected chi connectivity index (χ0v) is 16.2. The Bertz CT molecular complexity index is 909. The fourth-order valence-electron chi connectivity index (χ4n) is 4.04. The van der Waals surface area contributed by atoms with E-state index >= 15 is 0 Å². The topological polar surface area (TPSA) is 52.6 Å². The number of fused-ring (bicyclic) bond motifs is 1. The van der Waals surface area contributed by atoms with E-state index in [9.17, 15) is 0 Å². The van der Waals surface area contributed by atoms with Crippen LogP contribution in [-0.2, 0) is 6.54 Å². The first-order valence-corrected chi connectivity index (χ1v) is 9.79. The summed E-state index contributed by atoms with van der Waals surface area (Å²) in [6, 6.07) is 10.4. The molecule has 28 heavy (non-hydrogen) atoms. The molecule has 2 aromatic rings. The average molecular weight is 374 g/mol. The number of aliphatic imine (C=N–C) groups is 1. The van der Waals surface area contributed by atoms with Crippen LogP contribution in [0.1, 0.15) is 30.9 Å². The molecule has 0 atom stereocenters. The molecule has 0 amide bonds. The predicted molar refractivity (Wildman–Crippen MR) is 113 cm³/mol. The Labute approximate surface area is 166 Å². The van der Waals surface area contributed by atoms with Crippen LogP contribution in [-0.4, -0.2) is 35.9 Å². The summed E-state index contributed by atoms with van der Waals surface area (Å²) >= 11 is 0. The summed E-state index contributed by atoms with van der Waals surface area (Å²) in [6.07, 6.45) is 11.3. The minimum absolute atomic E-state index is 0.312. The molecule has 3 heterocycles. The van der Waals surface area contributed by atoms with E-state index in [-0.39, 0.29) is 0 Å². The van der Waals surface area contributed by atoms with Gasteiger partial charge in [-0.1, -0.05) is 18.1 Å². The number of aromatic nitrogens is 1. The summed E-state index contributed by atoms with van der Waals surface area (Å²) < 4.78 is 5.45. The number of nitrogens with zero attached hydrogens (tertiary/aromatic N) is 2. The van der Waals surface area contributed by atoms with Crippen molar-refractivity contribution in [2.45, 2.75) is 26.3 Å². The maximum absolute atomic E-state index is 5.45. The number of benzene rings is 1. The molecule has 1 fully saturated rings. The standard InChI is InChI=1S/C23H26N4O/c1-3-14-28-20-6-4-18(5-7-20)15-27-12-9-19(10-13-27)17(2)22-21-8-11-24-23(21)26-16-25-22/h1,4-8,11,16,19,24H,9-10,12-15H2,2H3,(H,25,26)/b22-17+. The lowest BCUT2D eigenvalue weighted by atomic mass is 9.87. The highest BCUT2D eigenvalue weighted by molar-refractivity contribution is 5.87. The fourth-order valence-corrected chi connectivity index (χ4v) is 4.04. The Kier molecular flexibility index (Phi) is 5.50. The molecular weight excluding hydrogens is 348 g/mol. The van der Waals surface area contributed by atoms with E-state index in [1.165, 1.54) is 35.2 Å². The molecule has 1 saturated heterocycles. The van der Waals surface area contributed by atoms with Crippen LogP contribution in [0.25, 0.3) is 5.70 Å². The summed E-state index contributed by atoms with van der Waals surface area (Å²) in [4.78, 5) is 10.1. The number of hydrogen-bond acceptors (Lipinski definition) is 4. The fraction of sp³-hybridized carbons (Fsp3) is 0.348. The van der Waals surface area contributed by atoms with Gasteiger partial charge in [-0.05, 0) is 68.1 Å². The SMILES string of the molecule is C#CCOc1ccc(CN2CCC(/C(C)=C3/NC=Nc4[nH]ccc43)CC2)cc1. The van der Waals surface area contributed by atoms with Crippen LogP contribution in [0.3, 0.4) is 0 Å². The summed E-state index contributed by atoms with van der Waals surface area (Å²) in [5.41, 5.74) is 5.13. The molecule has 5 heteroatoms. The third-order valence-corrected chi connectivity index (χ3v) is 5.64. The van der Waals surface area contributed by atoms with E-state index in [4.69, 9.17) is 11.2 Å². The molecule has 0 radical (unpaired) electrons. The molecule has 0 saturated carbocycles. The van der Waals surface area contributed by atoms with Gasteiger partial charge in [-0.25, -0.2) is 4.99 Å². The molecule has 144 valence electrons. The molecule has 1 aromatic heterocycles. The number of aromatic amines is 1. The van der Waals surface area contributed by atoms with Crippen molar-refractivity contribution >= 4 is 17.9 Å². The quantitative estimate of drug-likeness (QED) is 0.780. The first-order valence-electron chi connectivity index (χ1n) is 9.79. The summed E-state index contributed by atoms with van der Waals surface area (Å²) in [7, 11) is 0. The second-order valence-electron chi connectivity index (χ2n) is 7.39. The van der Waals surface area contributed by atoms with Gasteiger partial charge in [0.15, 0.2) is 0 Å². The van der Waals surface area contributed by atoms with Crippen LogP contribution in [0.4, 0.5) is 5.82 Å². The lowest BCUT2D eigenvalue weighted by molar-refractivity contribution is 0.191. The summed E-state index contributed by atoms with van der Waals surface area (Å²) in [5.74, 6) is 4.87. The van der Waals surface area contributed by atoms with Gasteiger partial charge in [0, 0.05) is 24.0 Å². The van der Waals surface area contributed by atoms with Gasteiger partial charge in [0.2, 0.25) is 0 Å². The van der Waals surface area contributed by atoms with Gasteiger partial charge < -0.3 is 15.0 Å². The average Bonchev–Trinajstić information content (AvgIpc) is 3.22. The second kappa shape index (κ2) is 8.37. The molecule has 5 nitrogen and oxygen atoms in total. The normalized spacial score (nSPS) is 18.9. The molecule has 0 spiro atoms. The van der Waals surface area contributed by atoms with Gasteiger partial charge in [0.25, 0.3) is 0 Å². The predicted octanol–water partition coefficient (Wildman–Crippen LogP) is 3.93. The van der Waals surface area contributed by atoms with Crippen molar-refractivity contribution in [2.24, 2.45) is 10.9 Å². The number of H-pyrrole nitrogens is 1. The van der Waals surface area contributed by atoms with Gasteiger partial charge >= 0.3 is 0 Å². The van der Waals surface area contributed by atoms with Crippen LogP contribution in [0.2, 0.25) is 0 Å². The number of allylic oxidation sites excluding steroid dienone is 1. The van der Waals surface area contributed by atoms with Crippen LogP contribution in [0.5, 0.6) is 5.75 Å². The zero-order chi connectivity index (χ0) is 19.3. The molecule has 0 aliphatic carbocycles. The van der Waals surface area contributed by atoms with Crippen LogP contribution in [0.15, 0.2) is 47.1 Å². The van der Waals surface area contributed by atoms with Crippen molar-refractivity contribution < 1.29 is 4.74 Å². The largest absolute Gasteiger partial charge is 0.481 e. The van der Waals surface area contributed by atoms with E-state index < -0.39 is 0 Å². The van der Waals surface area contributed by atoms with E-state index in [0.29, 0.717) is 12.5 Å². The number of terminal acetylenes is 1. The Balaban J connectivity index is 1.34. The Morgan fingerprint density at radius 3 is 2.79 bits per heavy atom. The van der Waals surface area contributed by atoms with Crippen molar-refractivity contribution in [1.82, 2.24) is 15.2 Å². The number of nitrogens with one attached hydrogen (secondary N) is 2. The highest BCUT2D eigenvalue weighted by Gasteiger charge is 2.24. The van der Waals surface area contributed by atoms with Gasteiger partial charge in [0.05, 0.1) is 6.34 Å². The van der Waals surface area contributed by atoms with Crippen molar-refractivity contribution in [2.75, 3.05) is 19.7 Å². The molecule has 2 aliphatic rings. The zero-order valence-electron chi connectivity index (χ0n) is 16.2. The van der Waals surface area contributed by atoms with E-state index in [1.807, 2.05) is 18.3 Å². The van der Waals surface area contributed by atoms with E-state index in [2.05, 4.69) is 51.2 Å². The molecule has 1 aromatic carbocycles. The first kappa shape index (κ1) is 18.4. The molecule has 4 rings (SSSR count). The summed E-state index contributed by atoms with van der Waals surface area (Å²) in [5, 5.41) is 3.36. The van der Waals surface area contributed by atoms with Crippen molar-refractivity contribution in [3.63, 3.8) is 0 Å². The summed E-state index contributed by atoms with van der Waals surface area (Å²) in [6.45, 7) is 5.77. The van der Waals surface area contributed by atoms with E-state index in [1.54, 1.807) is 6.34 Å². The minimum Gasteiger partial charge on any atom is -0.481 e. The minimum atomic E-state index is 0.312. The number of rotatable bonds is 5. The van der Waals surface area contributed by atoms with Crippen LogP contribution < -0.4 is 10.1 Å². The second-order valence-corrected chi connectivity index (χ2v) is 7.39. The molecule has 0 unspecified atom stereocenters. The van der Waals surface area contributed by atoms with Gasteiger partial charge in [-0.3, -0.25) is 4.90 Å². The Morgan fingerprint density at radius 1 is 1.25 bits per heavy atom. The third kappa shape index (κ3) is 3.97. The maximum Gasteiger partial charge on any atom is 0.148 e. The monoisotopic (exact) mass is 374 g/mol. The van der Waals surface area contributed by atoms with Gasteiger partial charge in [-0.2, -0.15) is 0 Å². The molecular formula is C23H26N4O. The molecule has 2 N–H and O–H groups in total. The number of hydrogen-bond donors (Lipinski definition) is 2. The van der Waals surface area contributed by atoms with Gasteiger partial charge in [0.1, 0.15) is 18.2 Å². The third-order valence-electron chi connectivity index (χ3n) is 5.64. The lowest BCUT2D eigenvalue weighted by Gasteiger charge is -2.33. The first-order chi connectivity index (χ1) is 13.7. The number of piperidine rings is 1. The van der Waals surface area contributed by atoms with Crippen LogP contribution >= 0.6 is 0 Å².